The summed E-state index contributed by atoms with van der Waals surface area (Å²) in [7, 11) is 1.60. The molecule has 3 aromatic rings. The molecule has 4 rings (SSSR count). The van der Waals surface area contributed by atoms with Gasteiger partial charge in [0.15, 0.2) is 11.7 Å². The Morgan fingerprint density at radius 2 is 1.91 bits per heavy atom. The Morgan fingerprint density at radius 3 is 2.64 bits per heavy atom. The SMILES string of the molecule is COc1ccc(OCC(=O)N(CCCN2CCOCC2)c2nc3ccc(F)cc3s2)cc1.Cl. The molecular weight excluding hydrogens is 469 g/mol. The minimum atomic E-state index is -0.319. The van der Waals surface area contributed by atoms with E-state index in [2.05, 4.69) is 9.88 Å². The average Bonchev–Trinajstić information content (AvgIpc) is 3.24. The van der Waals surface area contributed by atoms with Crippen LogP contribution in [-0.2, 0) is 9.53 Å². The monoisotopic (exact) mass is 495 g/mol. The van der Waals surface area contributed by atoms with Crippen molar-refractivity contribution in [2.24, 2.45) is 0 Å². The first kappa shape index (κ1) is 25.2. The standard InChI is InChI=1S/C23H26FN3O4S.ClH/c1-29-18-4-6-19(7-5-18)31-16-22(28)27(10-2-9-26-11-13-30-14-12-26)23-25-20-8-3-17(24)15-21(20)32-23;/h3-8,15H,2,9-14,16H2,1H3;1H. The number of carbonyl (C=O) groups excluding carboxylic acids is 1. The Labute approximate surface area is 202 Å². The fraction of sp³-hybridized carbons (Fsp3) is 0.391. The maximum Gasteiger partial charge on any atom is 0.266 e. The molecule has 0 saturated carbocycles. The van der Waals surface area contributed by atoms with Crippen molar-refractivity contribution in [3.63, 3.8) is 0 Å². The highest BCUT2D eigenvalue weighted by molar-refractivity contribution is 7.22. The predicted octanol–water partition coefficient (Wildman–Crippen LogP) is 4.00. The van der Waals surface area contributed by atoms with E-state index in [9.17, 15) is 9.18 Å². The number of amides is 1. The van der Waals surface area contributed by atoms with Crippen molar-refractivity contribution >= 4 is 45.0 Å². The van der Waals surface area contributed by atoms with Gasteiger partial charge in [0.05, 0.1) is 30.5 Å². The van der Waals surface area contributed by atoms with E-state index in [-0.39, 0.29) is 30.7 Å². The van der Waals surface area contributed by atoms with Crippen LogP contribution in [0.15, 0.2) is 42.5 Å². The van der Waals surface area contributed by atoms with Crippen molar-refractivity contribution in [1.29, 1.82) is 0 Å². The van der Waals surface area contributed by atoms with E-state index in [1.54, 1.807) is 42.3 Å². The first-order chi connectivity index (χ1) is 15.6. The van der Waals surface area contributed by atoms with Gasteiger partial charge in [0.1, 0.15) is 17.3 Å². The number of fused-ring (bicyclic) bond motifs is 1. The third-order valence-electron chi connectivity index (χ3n) is 5.25. The van der Waals surface area contributed by atoms with Crippen LogP contribution in [0, 0.1) is 5.82 Å². The van der Waals surface area contributed by atoms with Crippen LogP contribution in [0.4, 0.5) is 9.52 Å². The lowest BCUT2D eigenvalue weighted by Gasteiger charge is -2.27. The molecule has 0 aliphatic carbocycles. The third kappa shape index (κ3) is 6.77. The minimum Gasteiger partial charge on any atom is -0.497 e. The Balaban J connectivity index is 0.00000306. The van der Waals surface area contributed by atoms with Gasteiger partial charge in [-0.2, -0.15) is 0 Å². The zero-order chi connectivity index (χ0) is 22.3. The Morgan fingerprint density at radius 1 is 1.18 bits per heavy atom. The second-order valence-electron chi connectivity index (χ2n) is 7.43. The lowest BCUT2D eigenvalue weighted by Crippen LogP contribution is -2.40. The Bertz CT molecular complexity index is 1040. The fourth-order valence-electron chi connectivity index (χ4n) is 3.50. The van der Waals surface area contributed by atoms with Gasteiger partial charge in [0.25, 0.3) is 5.91 Å². The normalized spacial score (nSPS) is 14.0. The molecule has 1 aromatic heterocycles. The first-order valence-corrected chi connectivity index (χ1v) is 11.4. The summed E-state index contributed by atoms with van der Waals surface area (Å²) >= 11 is 1.31. The summed E-state index contributed by atoms with van der Waals surface area (Å²) in [4.78, 5) is 21.6. The number of aromatic nitrogens is 1. The second kappa shape index (κ2) is 12.1. The van der Waals surface area contributed by atoms with Gasteiger partial charge in [-0.25, -0.2) is 9.37 Å². The van der Waals surface area contributed by atoms with Gasteiger partial charge in [-0.15, -0.1) is 12.4 Å². The van der Waals surface area contributed by atoms with Gasteiger partial charge in [-0.05, 0) is 48.9 Å². The molecule has 1 saturated heterocycles. The fourth-order valence-corrected chi connectivity index (χ4v) is 4.53. The zero-order valence-electron chi connectivity index (χ0n) is 18.4. The lowest BCUT2D eigenvalue weighted by molar-refractivity contribution is -0.120. The number of thiazole rings is 1. The molecule has 2 aromatic carbocycles. The van der Waals surface area contributed by atoms with Crippen LogP contribution in [-0.4, -0.2) is 68.9 Å². The van der Waals surface area contributed by atoms with Gasteiger partial charge in [0.2, 0.25) is 0 Å². The first-order valence-electron chi connectivity index (χ1n) is 10.6. The molecular formula is C23H27ClFN3O4S. The van der Waals surface area contributed by atoms with Crippen molar-refractivity contribution in [3.8, 4) is 11.5 Å². The van der Waals surface area contributed by atoms with E-state index in [1.165, 1.54) is 23.5 Å². The number of hydrogen-bond acceptors (Lipinski definition) is 7. The number of halogens is 2. The van der Waals surface area contributed by atoms with Crippen molar-refractivity contribution in [3.05, 3.63) is 48.3 Å². The molecule has 178 valence electrons. The molecule has 33 heavy (non-hydrogen) atoms. The van der Waals surface area contributed by atoms with Crippen LogP contribution in [0.3, 0.4) is 0 Å². The van der Waals surface area contributed by atoms with Crippen molar-refractivity contribution in [1.82, 2.24) is 9.88 Å². The molecule has 1 aliphatic heterocycles. The minimum absolute atomic E-state index is 0. The molecule has 0 N–H and O–H groups in total. The van der Waals surface area contributed by atoms with Crippen LogP contribution in [0.25, 0.3) is 10.2 Å². The number of morpholine rings is 1. The zero-order valence-corrected chi connectivity index (χ0v) is 20.0. The molecule has 10 heteroatoms. The van der Waals surface area contributed by atoms with Crippen LogP contribution < -0.4 is 14.4 Å². The molecule has 0 spiro atoms. The topological polar surface area (TPSA) is 64.1 Å². The summed E-state index contributed by atoms with van der Waals surface area (Å²) < 4.78 is 30.6. The average molecular weight is 496 g/mol. The van der Waals surface area contributed by atoms with Gasteiger partial charge in [-0.3, -0.25) is 14.6 Å². The molecule has 0 atom stereocenters. The predicted molar refractivity (Wildman–Crippen MR) is 130 cm³/mol. The Kier molecular flexibility index (Phi) is 9.25. The molecule has 1 amide bonds. The van der Waals surface area contributed by atoms with Crippen LogP contribution >= 0.6 is 23.7 Å². The van der Waals surface area contributed by atoms with E-state index < -0.39 is 0 Å². The third-order valence-corrected chi connectivity index (χ3v) is 6.29. The maximum atomic E-state index is 13.6. The molecule has 0 radical (unpaired) electrons. The quantitative estimate of drug-likeness (QED) is 0.447. The Hall–Kier alpha value is -2.46. The number of benzene rings is 2. The summed E-state index contributed by atoms with van der Waals surface area (Å²) in [6.07, 6.45) is 0.790. The van der Waals surface area contributed by atoms with E-state index in [1.807, 2.05) is 0 Å². The summed E-state index contributed by atoms with van der Waals surface area (Å²) in [5.74, 6) is 0.789. The number of hydrogen-bond donors (Lipinski definition) is 0. The van der Waals surface area contributed by atoms with E-state index >= 15 is 0 Å². The van der Waals surface area contributed by atoms with Crippen LogP contribution in [0.2, 0.25) is 0 Å². The molecule has 1 fully saturated rings. The molecule has 2 heterocycles. The van der Waals surface area contributed by atoms with Gasteiger partial charge in [-0.1, -0.05) is 11.3 Å². The molecule has 1 aliphatic rings. The highest BCUT2D eigenvalue weighted by Crippen LogP contribution is 2.30. The van der Waals surface area contributed by atoms with E-state index in [0.29, 0.717) is 27.6 Å². The number of anilines is 1. The number of carbonyl (C=O) groups is 1. The summed E-state index contributed by atoms with van der Waals surface area (Å²) in [5, 5.41) is 0.552. The maximum absolute atomic E-state index is 13.6. The number of ether oxygens (including phenoxy) is 3. The van der Waals surface area contributed by atoms with E-state index in [0.717, 1.165) is 45.0 Å². The number of nitrogens with zero attached hydrogens (tertiary/aromatic N) is 3. The number of methoxy groups -OCH3 is 1. The molecule has 0 unspecified atom stereocenters. The van der Waals surface area contributed by atoms with Crippen LogP contribution in [0.1, 0.15) is 6.42 Å². The van der Waals surface area contributed by atoms with Crippen molar-refractivity contribution in [2.75, 3.05) is 58.0 Å². The van der Waals surface area contributed by atoms with Crippen molar-refractivity contribution < 1.29 is 23.4 Å². The summed E-state index contributed by atoms with van der Waals surface area (Å²) in [5.41, 5.74) is 0.674. The van der Waals surface area contributed by atoms with Crippen LogP contribution in [0.5, 0.6) is 11.5 Å². The summed E-state index contributed by atoms with van der Waals surface area (Å²) in [6, 6.07) is 11.5. The second-order valence-corrected chi connectivity index (χ2v) is 8.43. The van der Waals surface area contributed by atoms with Gasteiger partial charge < -0.3 is 14.2 Å². The number of rotatable bonds is 9. The largest absolute Gasteiger partial charge is 0.497 e. The van der Waals surface area contributed by atoms with Gasteiger partial charge in [0, 0.05) is 26.2 Å². The molecule has 7 nitrogen and oxygen atoms in total. The highest BCUT2D eigenvalue weighted by atomic mass is 35.5. The molecule has 0 bridgehead atoms. The van der Waals surface area contributed by atoms with Crippen molar-refractivity contribution in [2.45, 2.75) is 6.42 Å². The highest BCUT2D eigenvalue weighted by Gasteiger charge is 2.21. The summed E-state index contributed by atoms with van der Waals surface area (Å²) in [6.45, 7) is 4.53. The lowest BCUT2D eigenvalue weighted by atomic mass is 10.3. The van der Waals surface area contributed by atoms with E-state index in [4.69, 9.17) is 14.2 Å². The van der Waals surface area contributed by atoms with Gasteiger partial charge >= 0.3 is 0 Å². The smallest absolute Gasteiger partial charge is 0.266 e.